The highest BCUT2D eigenvalue weighted by atomic mass is 79.9. The third kappa shape index (κ3) is 3.39. The smallest absolute Gasteiger partial charge is 0.335 e. The highest BCUT2D eigenvalue weighted by molar-refractivity contribution is 9.10. The van der Waals surface area contributed by atoms with Crippen molar-refractivity contribution in [1.29, 1.82) is 0 Å². The molecule has 0 atom stereocenters. The van der Waals surface area contributed by atoms with E-state index in [9.17, 15) is 9.59 Å². The Morgan fingerprint density at radius 1 is 1.27 bits per heavy atom. The van der Waals surface area contributed by atoms with Crippen molar-refractivity contribution in [1.82, 2.24) is 4.57 Å². The minimum absolute atomic E-state index is 0.138. The number of benzene rings is 1. The van der Waals surface area contributed by atoms with Gasteiger partial charge >= 0.3 is 5.97 Å². The quantitative estimate of drug-likeness (QED) is 0.857. The molecule has 0 spiro atoms. The molecule has 2 aromatic rings. The van der Waals surface area contributed by atoms with Crippen LogP contribution in [0.5, 0.6) is 0 Å². The Hall–Kier alpha value is -2.08. The summed E-state index contributed by atoms with van der Waals surface area (Å²) >= 11 is 3.37. The minimum atomic E-state index is -1.02. The molecule has 1 heterocycles. The van der Waals surface area contributed by atoms with Gasteiger partial charge in [-0.15, -0.1) is 0 Å². The van der Waals surface area contributed by atoms with Gasteiger partial charge in [-0.25, -0.2) is 4.79 Å². The van der Waals surface area contributed by atoms with Gasteiger partial charge in [0, 0.05) is 22.4 Å². The number of carbonyl (C=O) groups excluding carboxylic acids is 1. The molecule has 2 N–H and O–H groups in total. The van der Waals surface area contributed by atoms with Crippen molar-refractivity contribution >= 4 is 33.5 Å². The fourth-order valence-electron chi connectivity index (χ4n) is 2.13. The van der Waals surface area contributed by atoms with E-state index in [1.54, 1.807) is 12.1 Å². The van der Waals surface area contributed by atoms with Gasteiger partial charge < -0.3 is 15.0 Å². The van der Waals surface area contributed by atoms with E-state index in [1.807, 2.05) is 31.5 Å². The van der Waals surface area contributed by atoms with Crippen LogP contribution in [0.25, 0.3) is 0 Å². The van der Waals surface area contributed by atoms with E-state index < -0.39 is 5.97 Å². The molecule has 0 aliphatic heterocycles. The fourth-order valence-corrected chi connectivity index (χ4v) is 2.57. The van der Waals surface area contributed by atoms with E-state index in [1.165, 1.54) is 12.1 Å². The molecule has 6 heteroatoms. The van der Waals surface area contributed by atoms with Crippen molar-refractivity contribution in [3.63, 3.8) is 0 Å². The van der Waals surface area contributed by atoms with Crippen LogP contribution in [-0.4, -0.2) is 21.6 Å². The van der Waals surface area contributed by atoms with Gasteiger partial charge in [-0.2, -0.15) is 0 Å². The van der Waals surface area contributed by atoms with Crippen LogP contribution >= 0.6 is 15.9 Å². The summed E-state index contributed by atoms with van der Waals surface area (Å²) in [5, 5.41) is 11.8. The number of aromatic carboxylic acids is 1. The van der Waals surface area contributed by atoms with Crippen LogP contribution < -0.4 is 5.32 Å². The third-order valence-corrected chi connectivity index (χ3v) is 3.77. The first kappa shape index (κ1) is 16.3. The summed E-state index contributed by atoms with van der Waals surface area (Å²) in [6.45, 7) is 5.79. The maximum absolute atomic E-state index is 12.5. The van der Waals surface area contributed by atoms with Gasteiger partial charge in [0.1, 0.15) is 5.69 Å². The number of halogens is 1. The summed E-state index contributed by atoms with van der Waals surface area (Å²) < 4.78 is 2.68. The molecule has 0 fully saturated rings. The molecule has 0 aliphatic carbocycles. The standard InChI is InChI=1S/C16H17BrN2O3/c1-9(2)19-8-12(17)7-14(19)15(20)18-13-6-11(16(21)22)5-4-10(13)3/h4-9H,1-3H3,(H,18,20)(H,21,22). The number of carboxylic acids is 1. The highest BCUT2D eigenvalue weighted by Gasteiger charge is 2.16. The first-order valence-corrected chi connectivity index (χ1v) is 7.61. The van der Waals surface area contributed by atoms with Crippen LogP contribution in [0.2, 0.25) is 0 Å². The molecule has 1 aromatic carbocycles. The number of nitrogens with zero attached hydrogens (tertiary/aromatic N) is 1. The summed E-state index contributed by atoms with van der Waals surface area (Å²) in [7, 11) is 0. The molecule has 0 saturated carbocycles. The molecule has 22 heavy (non-hydrogen) atoms. The van der Waals surface area contributed by atoms with Gasteiger partial charge in [0.05, 0.1) is 5.56 Å². The number of carbonyl (C=O) groups is 2. The van der Waals surface area contributed by atoms with Gasteiger partial charge in [0.25, 0.3) is 5.91 Å². The fraction of sp³-hybridized carbons (Fsp3) is 0.250. The van der Waals surface area contributed by atoms with Crippen molar-refractivity contribution in [3.05, 3.63) is 51.8 Å². The normalized spacial score (nSPS) is 10.8. The monoisotopic (exact) mass is 364 g/mol. The number of hydrogen-bond donors (Lipinski definition) is 2. The SMILES string of the molecule is Cc1ccc(C(=O)O)cc1NC(=O)c1cc(Br)cn1C(C)C. The second-order valence-electron chi connectivity index (χ2n) is 5.33. The number of rotatable bonds is 4. The lowest BCUT2D eigenvalue weighted by Crippen LogP contribution is -2.18. The largest absolute Gasteiger partial charge is 0.478 e. The van der Waals surface area contributed by atoms with E-state index in [0.29, 0.717) is 11.4 Å². The topological polar surface area (TPSA) is 71.3 Å². The molecule has 0 bridgehead atoms. The van der Waals surface area contributed by atoms with Crippen molar-refractivity contribution in [3.8, 4) is 0 Å². The molecule has 2 rings (SSSR count). The van der Waals surface area contributed by atoms with E-state index >= 15 is 0 Å². The van der Waals surface area contributed by atoms with Gasteiger partial charge in [-0.1, -0.05) is 6.07 Å². The number of amides is 1. The van der Waals surface area contributed by atoms with Crippen LogP contribution in [-0.2, 0) is 0 Å². The molecule has 116 valence electrons. The maximum atomic E-state index is 12.5. The van der Waals surface area contributed by atoms with Crippen molar-refractivity contribution < 1.29 is 14.7 Å². The van der Waals surface area contributed by atoms with E-state index in [2.05, 4.69) is 21.2 Å². The number of aryl methyl sites for hydroxylation is 1. The Labute approximate surface area is 137 Å². The van der Waals surface area contributed by atoms with Crippen molar-refractivity contribution in [2.75, 3.05) is 5.32 Å². The van der Waals surface area contributed by atoms with Crippen molar-refractivity contribution in [2.45, 2.75) is 26.8 Å². The second-order valence-corrected chi connectivity index (χ2v) is 6.25. The average Bonchev–Trinajstić information content (AvgIpc) is 2.83. The number of aromatic nitrogens is 1. The zero-order valence-electron chi connectivity index (χ0n) is 12.6. The summed E-state index contributed by atoms with van der Waals surface area (Å²) in [6.07, 6.45) is 1.85. The molecule has 5 nitrogen and oxygen atoms in total. The van der Waals surface area contributed by atoms with E-state index in [4.69, 9.17) is 5.11 Å². The summed E-state index contributed by atoms with van der Waals surface area (Å²) in [6, 6.07) is 6.54. The van der Waals surface area contributed by atoms with Gasteiger partial charge in [0.15, 0.2) is 0 Å². The van der Waals surface area contributed by atoms with Crippen LogP contribution in [0.4, 0.5) is 5.69 Å². The Morgan fingerprint density at radius 3 is 2.55 bits per heavy atom. The average molecular weight is 365 g/mol. The third-order valence-electron chi connectivity index (χ3n) is 3.34. The first-order valence-electron chi connectivity index (χ1n) is 6.82. The molecule has 1 aromatic heterocycles. The maximum Gasteiger partial charge on any atom is 0.335 e. The van der Waals surface area contributed by atoms with E-state index in [0.717, 1.165) is 10.0 Å². The molecule has 0 aliphatic rings. The van der Waals surface area contributed by atoms with Crippen LogP contribution in [0.3, 0.4) is 0 Å². The summed E-state index contributed by atoms with van der Waals surface area (Å²) in [5.74, 6) is -1.30. The van der Waals surface area contributed by atoms with Crippen LogP contribution in [0, 0.1) is 6.92 Å². The van der Waals surface area contributed by atoms with Crippen LogP contribution in [0.15, 0.2) is 34.9 Å². The molecule has 1 amide bonds. The summed E-state index contributed by atoms with van der Waals surface area (Å²) in [4.78, 5) is 23.5. The zero-order valence-corrected chi connectivity index (χ0v) is 14.1. The summed E-state index contributed by atoms with van der Waals surface area (Å²) in [5.41, 5.74) is 1.96. The van der Waals surface area contributed by atoms with Gasteiger partial charge in [-0.05, 0) is 60.5 Å². The predicted octanol–water partition coefficient (Wildman–Crippen LogP) is 4.09. The van der Waals surface area contributed by atoms with E-state index in [-0.39, 0.29) is 17.5 Å². The molecule has 0 radical (unpaired) electrons. The second kappa shape index (κ2) is 6.36. The van der Waals surface area contributed by atoms with Crippen molar-refractivity contribution in [2.24, 2.45) is 0 Å². The number of carboxylic acid groups (broad SMARTS) is 1. The Balaban J connectivity index is 2.33. The molecular weight excluding hydrogens is 348 g/mol. The first-order chi connectivity index (χ1) is 10.3. The lowest BCUT2D eigenvalue weighted by Gasteiger charge is -2.14. The zero-order chi connectivity index (χ0) is 16.4. The lowest BCUT2D eigenvalue weighted by molar-refractivity contribution is 0.0696. The van der Waals surface area contributed by atoms with Gasteiger partial charge in [0.2, 0.25) is 0 Å². The number of anilines is 1. The Kier molecular flexibility index (Phi) is 4.71. The Morgan fingerprint density at radius 2 is 1.95 bits per heavy atom. The minimum Gasteiger partial charge on any atom is -0.478 e. The molecule has 0 unspecified atom stereocenters. The number of nitrogens with one attached hydrogen (secondary N) is 1. The lowest BCUT2D eigenvalue weighted by atomic mass is 10.1. The molecular formula is C16H17BrN2O3. The van der Waals surface area contributed by atoms with Crippen LogP contribution in [0.1, 0.15) is 46.3 Å². The van der Waals surface area contributed by atoms with Gasteiger partial charge in [-0.3, -0.25) is 4.79 Å². The Bertz CT molecular complexity index is 735. The number of hydrogen-bond acceptors (Lipinski definition) is 2. The molecule has 0 saturated heterocycles. The highest BCUT2D eigenvalue weighted by Crippen LogP contribution is 2.22. The predicted molar refractivity (Wildman–Crippen MR) is 88.6 cm³/mol.